The minimum absolute atomic E-state index is 0.525. The Hall–Kier alpha value is -2.73. The topological polar surface area (TPSA) is 72.8 Å². The molecular formula is C15H12ClN5O. The minimum atomic E-state index is 0.525. The Bertz CT molecular complexity index is 779. The van der Waals surface area contributed by atoms with Gasteiger partial charge in [0.1, 0.15) is 11.5 Å². The van der Waals surface area contributed by atoms with Crippen molar-refractivity contribution in [3.8, 4) is 17.3 Å². The standard InChI is InChI=1S/C15H12ClN5O/c1-22-15-4-2-3-11(20-15)12-8-17-9-14(19-12)21-13-6-5-10(16)7-18-13/h2-9H,1H3,(H,18,19,21). The van der Waals surface area contributed by atoms with Crippen LogP contribution in [0.25, 0.3) is 11.4 Å². The van der Waals surface area contributed by atoms with Crippen LogP contribution in [-0.2, 0) is 0 Å². The average molecular weight is 314 g/mol. The first-order valence-electron chi connectivity index (χ1n) is 6.46. The van der Waals surface area contributed by atoms with Gasteiger partial charge in [-0.05, 0) is 18.2 Å². The number of halogens is 1. The van der Waals surface area contributed by atoms with E-state index in [1.54, 1.807) is 43.9 Å². The summed E-state index contributed by atoms with van der Waals surface area (Å²) in [6.45, 7) is 0. The summed E-state index contributed by atoms with van der Waals surface area (Å²) in [5.41, 5.74) is 1.32. The number of anilines is 2. The van der Waals surface area contributed by atoms with Crippen LogP contribution in [0.5, 0.6) is 5.88 Å². The third kappa shape index (κ3) is 3.29. The van der Waals surface area contributed by atoms with Crippen LogP contribution >= 0.6 is 11.6 Å². The first kappa shape index (κ1) is 14.2. The maximum absolute atomic E-state index is 5.81. The van der Waals surface area contributed by atoms with Gasteiger partial charge in [0.05, 0.1) is 30.2 Å². The second-order valence-corrected chi connectivity index (χ2v) is 4.78. The zero-order valence-corrected chi connectivity index (χ0v) is 12.4. The van der Waals surface area contributed by atoms with Crippen LogP contribution in [0.2, 0.25) is 5.02 Å². The highest BCUT2D eigenvalue weighted by Crippen LogP contribution is 2.20. The maximum atomic E-state index is 5.81. The summed E-state index contributed by atoms with van der Waals surface area (Å²) in [4.78, 5) is 17.1. The Labute approximate surface area is 132 Å². The van der Waals surface area contributed by atoms with Gasteiger partial charge in [0.15, 0.2) is 5.82 Å². The van der Waals surface area contributed by atoms with Crippen molar-refractivity contribution in [2.45, 2.75) is 0 Å². The van der Waals surface area contributed by atoms with Gasteiger partial charge in [-0.1, -0.05) is 17.7 Å². The lowest BCUT2D eigenvalue weighted by atomic mass is 10.3. The molecule has 3 aromatic heterocycles. The number of hydrogen-bond donors (Lipinski definition) is 1. The molecule has 0 aliphatic carbocycles. The van der Waals surface area contributed by atoms with Crippen LogP contribution in [-0.4, -0.2) is 27.0 Å². The van der Waals surface area contributed by atoms with E-state index in [1.807, 2.05) is 12.1 Å². The summed E-state index contributed by atoms with van der Waals surface area (Å²) in [6, 6.07) is 8.98. The summed E-state index contributed by atoms with van der Waals surface area (Å²) < 4.78 is 5.12. The van der Waals surface area contributed by atoms with Crippen molar-refractivity contribution in [2.24, 2.45) is 0 Å². The van der Waals surface area contributed by atoms with E-state index < -0.39 is 0 Å². The molecular weight excluding hydrogens is 302 g/mol. The molecule has 0 radical (unpaired) electrons. The number of nitrogens with zero attached hydrogens (tertiary/aromatic N) is 4. The normalized spacial score (nSPS) is 10.3. The van der Waals surface area contributed by atoms with Gasteiger partial charge >= 0.3 is 0 Å². The molecule has 0 aliphatic heterocycles. The van der Waals surface area contributed by atoms with Crippen molar-refractivity contribution in [1.82, 2.24) is 19.9 Å². The Morgan fingerprint density at radius 2 is 1.86 bits per heavy atom. The fourth-order valence-corrected chi connectivity index (χ4v) is 1.91. The summed E-state index contributed by atoms with van der Waals surface area (Å²) in [5, 5.41) is 3.64. The van der Waals surface area contributed by atoms with Gasteiger partial charge in [-0.2, -0.15) is 0 Å². The van der Waals surface area contributed by atoms with E-state index in [0.717, 1.165) is 0 Å². The molecule has 0 spiro atoms. The van der Waals surface area contributed by atoms with Crippen LogP contribution in [0.3, 0.4) is 0 Å². The molecule has 0 saturated carbocycles. The van der Waals surface area contributed by atoms with Crippen molar-refractivity contribution in [3.63, 3.8) is 0 Å². The van der Waals surface area contributed by atoms with Gasteiger partial charge in [-0.3, -0.25) is 4.98 Å². The Balaban J connectivity index is 1.87. The first-order valence-corrected chi connectivity index (χ1v) is 6.84. The van der Waals surface area contributed by atoms with Crippen molar-refractivity contribution < 1.29 is 4.74 Å². The number of aromatic nitrogens is 4. The van der Waals surface area contributed by atoms with E-state index in [4.69, 9.17) is 16.3 Å². The summed E-state index contributed by atoms with van der Waals surface area (Å²) >= 11 is 5.81. The van der Waals surface area contributed by atoms with E-state index in [1.165, 1.54) is 0 Å². The third-order valence-electron chi connectivity index (χ3n) is 2.81. The van der Waals surface area contributed by atoms with Gasteiger partial charge in [0.2, 0.25) is 5.88 Å². The number of rotatable bonds is 4. The predicted molar refractivity (Wildman–Crippen MR) is 84.3 cm³/mol. The highest BCUT2D eigenvalue weighted by atomic mass is 35.5. The first-order chi connectivity index (χ1) is 10.7. The molecule has 0 unspecified atom stereocenters. The SMILES string of the molecule is COc1cccc(-c2cncc(Nc3ccc(Cl)cn3)n2)n1. The molecule has 3 rings (SSSR count). The van der Waals surface area contributed by atoms with Crippen LogP contribution in [0.1, 0.15) is 0 Å². The van der Waals surface area contributed by atoms with Crippen LogP contribution < -0.4 is 10.1 Å². The average Bonchev–Trinajstić information content (AvgIpc) is 2.57. The summed E-state index contributed by atoms with van der Waals surface area (Å²) in [6.07, 6.45) is 4.81. The Morgan fingerprint density at radius 1 is 0.955 bits per heavy atom. The Kier molecular flexibility index (Phi) is 4.11. The molecule has 0 aromatic carbocycles. The minimum Gasteiger partial charge on any atom is -0.481 e. The number of methoxy groups -OCH3 is 1. The number of ether oxygens (including phenoxy) is 1. The fourth-order valence-electron chi connectivity index (χ4n) is 1.80. The molecule has 1 N–H and O–H groups in total. The van der Waals surface area contributed by atoms with Gasteiger partial charge in [0.25, 0.3) is 0 Å². The van der Waals surface area contributed by atoms with E-state index in [-0.39, 0.29) is 0 Å². The molecule has 3 aromatic rings. The van der Waals surface area contributed by atoms with E-state index in [0.29, 0.717) is 33.9 Å². The molecule has 0 fully saturated rings. The molecule has 0 bridgehead atoms. The second-order valence-electron chi connectivity index (χ2n) is 4.34. The highest BCUT2D eigenvalue weighted by Gasteiger charge is 2.05. The lowest BCUT2D eigenvalue weighted by Crippen LogP contribution is -1.99. The van der Waals surface area contributed by atoms with Crippen molar-refractivity contribution in [2.75, 3.05) is 12.4 Å². The number of hydrogen-bond acceptors (Lipinski definition) is 6. The quantitative estimate of drug-likeness (QED) is 0.796. The third-order valence-corrected chi connectivity index (χ3v) is 3.04. The number of pyridine rings is 2. The molecule has 0 saturated heterocycles. The molecule has 22 heavy (non-hydrogen) atoms. The van der Waals surface area contributed by atoms with E-state index >= 15 is 0 Å². The largest absolute Gasteiger partial charge is 0.481 e. The molecule has 0 amide bonds. The van der Waals surface area contributed by atoms with Crippen LogP contribution in [0.4, 0.5) is 11.6 Å². The van der Waals surface area contributed by atoms with Crippen molar-refractivity contribution in [3.05, 3.63) is 53.9 Å². The Morgan fingerprint density at radius 3 is 2.64 bits per heavy atom. The summed E-state index contributed by atoms with van der Waals surface area (Å²) in [7, 11) is 1.57. The van der Waals surface area contributed by atoms with Gasteiger partial charge in [-0.15, -0.1) is 0 Å². The van der Waals surface area contributed by atoms with Crippen LogP contribution in [0, 0.1) is 0 Å². The van der Waals surface area contributed by atoms with Gasteiger partial charge in [0, 0.05) is 12.3 Å². The molecule has 6 nitrogen and oxygen atoms in total. The molecule has 110 valence electrons. The fraction of sp³-hybridized carbons (Fsp3) is 0.0667. The van der Waals surface area contributed by atoms with Gasteiger partial charge in [-0.25, -0.2) is 15.0 Å². The smallest absolute Gasteiger partial charge is 0.213 e. The number of nitrogens with one attached hydrogen (secondary N) is 1. The van der Waals surface area contributed by atoms with E-state index in [2.05, 4.69) is 25.3 Å². The van der Waals surface area contributed by atoms with Gasteiger partial charge < -0.3 is 10.1 Å². The van der Waals surface area contributed by atoms with Crippen LogP contribution in [0.15, 0.2) is 48.9 Å². The highest BCUT2D eigenvalue weighted by molar-refractivity contribution is 6.30. The maximum Gasteiger partial charge on any atom is 0.213 e. The van der Waals surface area contributed by atoms with E-state index in [9.17, 15) is 0 Å². The molecule has 0 aliphatic rings. The predicted octanol–water partition coefficient (Wildman–Crippen LogP) is 3.34. The monoisotopic (exact) mass is 313 g/mol. The lowest BCUT2D eigenvalue weighted by Gasteiger charge is -2.07. The molecule has 3 heterocycles. The zero-order chi connectivity index (χ0) is 15.4. The van der Waals surface area contributed by atoms with Crippen molar-refractivity contribution >= 4 is 23.2 Å². The molecule has 7 heteroatoms. The second kappa shape index (κ2) is 6.36. The lowest BCUT2D eigenvalue weighted by molar-refractivity contribution is 0.398. The summed E-state index contributed by atoms with van der Waals surface area (Å²) in [5.74, 6) is 1.73. The van der Waals surface area contributed by atoms with Crippen molar-refractivity contribution in [1.29, 1.82) is 0 Å². The zero-order valence-electron chi connectivity index (χ0n) is 11.7. The molecule has 0 atom stereocenters.